The summed E-state index contributed by atoms with van der Waals surface area (Å²) in [5.74, 6) is 1.17. The Kier molecular flexibility index (Phi) is 1.86. The fourth-order valence-electron chi connectivity index (χ4n) is 1.84. The zero-order valence-corrected chi connectivity index (χ0v) is 9.21. The van der Waals surface area contributed by atoms with Crippen LogP contribution in [0.1, 0.15) is 0 Å². The highest BCUT2D eigenvalue weighted by Crippen LogP contribution is 2.22. The number of benzene rings is 1. The molecule has 1 aromatic carbocycles. The number of hydrogen-bond donors (Lipinski definition) is 1. The lowest BCUT2D eigenvalue weighted by atomic mass is 10.3. The summed E-state index contributed by atoms with van der Waals surface area (Å²) in [6.07, 6.45) is 0. The quantitative estimate of drug-likeness (QED) is 0.602. The fraction of sp³-hybridized carbons (Fsp3) is 0.0833. The van der Waals surface area contributed by atoms with E-state index in [1.807, 2.05) is 0 Å². The van der Waals surface area contributed by atoms with Crippen LogP contribution in [-0.4, -0.2) is 4.98 Å². The van der Waals surface area contributed by atoms with E-state index < -0.39 is 0 Å². The van der Waals surface area contributed by atoms with Crippen LogP contribution < -0.4 is 4.57 Å². The Bertz CT molecular complexity index is 593. The minimum atomic E-state index is 1.17. The van der Waals surface area contributed by atoms with Gasteiger partial charge in [0.2, 0.25) is 0 Å². The Labute approximate surface area is 91.8 Å². The van der Waals surface area contributed by atoms with Gasteiger partial charge in [-0.25, -0.2) is 9.55 Å². The molecular weight excluding hydrogens is 204 g/mol. The monoisotopic (exact) mass is 215 g/mol. The first-order valence-corrected chi connectivity index (χ1v) is 5.75. The van der Waals surface area contributed by atoms with Crippen molar-refractivity contribution >= 4 is 22.4 Å². The number of nitrogens with one attached hydrogen (secondary N) is 1. The molecule has 0 saturated heterocycles. The number of aromatic amines is 1. The van der Waals surface area contributed by atoms with E-state index in [1.54, 1.807) is 11.3 Å². The van der Waals surface area contributed by atoms with Gasteiger partial charge < -0.3 is 0 Å². The number of para-hydroxylation sites is 2. The van der Waals surface area contributed by atoms with Crippen molar-refractivity contribution < 1.29 is 4.57 Å². The third-order valence-electron chi connectivity index (χ3n) is 2.61. The number of H-pyrrole nitrogens is 1. The third kappa shape index (κ3) is 1.27. The largest absolute Gasteiger partial charge is 0.297 e. The maximum absolute atomic E-state index is 3.44. The molecule has 0 amide bonds. The fourth-order valence-corrected chi connectivity index (χ4v) is 2.60. The molecule has 0 atom stereocenters. The van der Waals surface area contributed by atoms with Crippen LogP contribution in [0.15, 0.2) is 41.8 Å². The molecular formula is C12H11N2S+. The highest BCUT2D eigenvalue weighted by molar-refractivity contribution is 7.13. The van der Waals surface area contributed by atoms with E-state index >= 15 is 0 Å². The molecule has 0 spiro atoms. The SMILES string of the molecule is C[n+]1c(-c2cccs2)[nH]c2ccccc21. The topological polar surface area (TPSA) is 19.7 Å². The highest BCUT2D eigenvalue weighted by atomic mass is 32.1. The number of hydrogen-bond acceptors (Lipinski definition) is 1. The van der Waals surface area contributed by atoms with E-state index in [0.717, 1.165) is 0 Å². The van der Waals surface area contributed by atoms with Gasteiger partial charge in [-0.05, 0) is 23.6 Å². The normalized spacial score (nSPS) is 11.0. The summed E-state index contributed by atoms with van der Waals surface area (Å²) in [7, 11) is 2.09. The predicted octanol–water partition coefficient (Wildman–Crippen LogP) is 2.72. The molecule has 3 heteroatoms. The zero-order chi connectivity index (χ0) is 10.3. The van der Waals surface area contributed by atoms with Gasteiger partial charge in [-0.2, -0.15) is 0 Å². The number of rotatable bonds is 1. The summed E-state index contributed by atoms with van der Waals surface area (Å²) in [5, 5.41) is 2.10. The van der Waals surface area contributed by atoms with Gasteiger partial charge >= 0.3 is 0 Å². The van der Waals surface area contributed by atoms with E-state index in [-0.39, 0.29) is 0 Å². The van der Waals surface area contributed by atoms with Crippen molar-refractivity contribution in [3.8, 4) is 10.7 Å². The van der Waals surface area contributed by atoms with Gasteiger partial charge in [-0.15, -0.1) is 11.3 Å². The van der Waals surface area contributed by atoms with Crippen molar-refractivity contribution in [2.75, 3.05) is 0 Å². The molecule has 1 N–H and O–H groups in total. The Hall–Kier alpha value is -1.61. The van der Waals surface area contributed by atoms with Crippen molar-refractivity contribution in [2.45, 2.75) is 0 Å². The van der Waals surface area contributed by atoms with E-state index in [9.17, 15) is 0 Å². The maximum atomic E-state index is 3.44. The average Bonchev–Trinajstić information content (AvgIpc) is 2.87. The van der Waals surface area contributed by atoms with Crippen LogP contribution in [0.25, 0.3) is 21.7 Å². The second kappa shape index (κ2) is 3.21. The van der Waals surface area contributed by atoms with Crippen LogP contribution >= 0.6 is 11.3 Å². The smallest absolute Gasteiger partial charge is 0.236 e. The van der Waals surface area contributed by atoms with Crippen LogP contribution in [0, 0.1) is 0 Å². The van der Waals surface area contributed by atoms with E-state index in [2.05, 4.69) is 58.4 Å². The standard InChI is InChI=1S/C12H10N2S/c1-14-10-6-3-2-5-9(10)13-12(14)11-7-4-8-15-11/h2-8H,1H3/p+1. The van der Waals surface area contributed by atoms with Gasteiger partial charge in [-0.3, -0.25) is 0 Å². The van der Waals surface area contributed by atoms with Crippen molar-refractivity contribution in [2.24, 2.45) is 7.05 Å². The summed E-state index contributed by atoms with van der Waals surface area (Å²) in [5.41, 5.74) is 2.42. The molecule has 0 fully saturated rings. The molecule has 2 aromatic heterocycles. The number of thiophene rings is 1. The van der Waals surface area contributed by atoms with Crippen LogP contribution in [-0.2, 0) is 7.05 Å². The molecule has 3 rings (SSSR count). The van der Waals surface area contributed by atoms with Crippen LogP contribution in [0.5, 0.6) is 0 Å². The van der Waals surface area contributed by atoms with Crippen molar-refractivity contribution in [1.82, 2.24) is 4.98 Å². The third-order valence-corrected chi connectivity index (χ3v) is 3.49. The molecule has 0 unspecified atom stereocenters. The van der Waals surface area contributed by atoms with Crippen molar-refractivity contribution in [1.29, 1.82) is 0 Å². The van der Waals surface area contributed by atoms with Crippen LogP contribution in [0.2, 0.25) is 0 Å². The molecule has 0 bridgehead atoms. The lowest BCUT2D eigenvalue weighted by Gasteiger charge is -1.89. The maximum Gasteiger partial charge on any atom is 0.297 e. The zero-order valence-electron chi connectivity index (χ0n) is 8.40. The number of nitrogens with zero attached hydrogens (tertiary/aromatic N) is 1. The molecule has 0 saturated carbocycles. The Morgan fingerprint density at radius 1 is 1.13 bits per heavy atom. The van der Waals surface area contributed by atoms with Gasteiger partial charge in [0.15, 0.2) is 11.0 Å². The Morgan fingerprint density at radius 3 is 2.73 bits per heavy atom. The van der Waals surface area contributed by atoms with Gasteiger partial charge in [0, 0.05) is 0 Å². The molecule has 74 valence electrons. The molecule has 0 aliphatic rings. The molecule has 2 nitrogen and oxygen atoms in total. The predicted molar refractivity (Wildman–Crippen MR) is 62.8 cm³/mol. The summed E-state index contributed by atoms with van der Waals surface area (Å²) >= 11 is 1.75. The molecule has 3 aromatic rings. The van der Waals surface area contributed by atoms with Gasteiger partial charge in [0.1, 0.15) is 4.88 Å². The second-order valence-corrected chi connectivity index (χ2v) is 4.47. The number of imidazole rings is 1. The van der Waals surface area contributed by atoms with Crippen molar-refractivity contribution in [3.63, 3.8) is 0 Å². The number of fused-ring (bicyclic) bond motifs is 1. The first-order chi connectivity index (χ1) is 7.36. The van der Waals surface area contributed by atoms with E-state index in [1.165, 1.54) is 21.7 Å². The molecule has 15 heavy (non-hydrogen) atoms. The summed E-state index contributed by atoms with van der Waals surface area (Å²) in [6.45, 7) is 0. The van der Waals surface area contributed by atoms with Crippen molar-refractivity contribution in [3.05, 3.63) is 41.8 Å². The Morgan fingerprint density at radius 2 is 2.00 bits per heavy atom. The van der Waals surface area contributed by atoms with Gasteiger partial charge in [-0.1, -0.05) is 18.2 Å². The average molecular weight is 215 g/mol. The van der Waals surface area contributed by atoms with E-state index in [0.29, 0.717) is 0 Å². The van der Waals surface area contributed by atoms with E-state index in [4.69, 9.17) is 0 Å². The first kappa shape index (κ1) is 8.68. The summed E-state index contributed by atoms with van der Waals surface area (Å²) < 4.78 is 2.20. The molecule has 0 aliphatic heterocycles. The lowest BCUT2D eigenvalue weighted by molar-refractivity contribution is -0.633. The second-order valence-electron chi connectivity index (χ2n) is 3.53. The number of aryl methyl sites for hydroxylation is 1. The lowest BCUT2D eigenvalue weighted by Crippen LogP contribution is -2.28. The molecule has 2 heterocycles. The minimum absolute atomic E-state index is 1.17. The first-order valence-electron chi connectivity index (χ1n) is 4.87. The highest BCUT2D eigenvalue weighted by Gasteiger charge is 2.16. The summed E-state index contributed by atoms with van der Waals surface area (Å²) in [4.78, 5) is 4.71. The summed E-state index contributed by atoms with van der Waals surface area (Å²) in [6, 6.07) is 12.6. The van der Waals surface area contributed by atoms with Gasteiger partial charge in [0.25, 0.3) is 5.82 Å². The minimum Gasteiger partial charge on any atom is -0.236 e. The van der Waals surface area contributed by atoms with Crippen LogP contribution in [0.3, 0.4) is 0 Å². The van der Waals surface area contributed by atoms with Gasteiger partial charge in [0.05, 0.1) is 7.05 Å². The molecule has 0 radical (unpaired) electrons. The number of aromatic nitrogens is 2. The molecule has 0 aliphatic carbocycles. The van der Waals surface area contributed by atoms with Crippen LogP contribution in [0.4, 0.5) is 0 Å². The Balaban J connectivity index is 2.33.